The lowest BCUT2D eigenvalue weighted by molar-refractivity contribution is -0.150. The van der Waals surface area contributed by atoms with Gasteiger partial charge in [-0.15, -0.1) is 0 Å². The predicted molar refractivity (Wildman–Crippen MR) is 204 cm³/mol. The van der Waals surface area contributed by atoms with Crippen molar-refractivity contribution < 1.29 is 19.8 Å². The molecule has 0 unspecified atom stereocenters. The standard InChI is InChI=1S/C43H84O4/c1-3-5-7-9-11-13-15-17-19-21-23-25-27-29-31-34-38-43(42(46)47,40-36-33-37-41(44)45)39-35-32-30-28-26-24-22-20-18-16-14-12-10-8-6-4-2/h3-40H2,1-2H3,(H,44,45)(H,46,47). The predicted octanol–water partition coefficient (Wildman–Crippen LogP) is 15.0. The van der Waals surface area contributed by atoms with Crippen LogP contribution < -0.4 is 0 Å². The highest BCUT2D eigenvalue weighted by molar-refractivity contribution is 5.74. The molecule has 0 aliphatic carbocycles. The average molecular weight is 665 g/mol. The summed E-state index contributed by atoms with van der Waals surface area (Å²) in [7, 11) is 0. The van der Waals surface area contributed by atoms with Crippen LogP contribution in [0.25, 0.3) is 0 Å². The zero-order valence-electron chi connectivity index (χ0n) is 32.1. The Labute approximate surface area is 294 Å². The van der Waals surface area contributed by atoms with E-state index in [1.54, 1.807) is 0 Å². The Kier molecular flexibility index (Phi) is 35.4. The summed E-state index contributed by atoms with van der Waals surface area (Å²) >= 11 is 0. The minimum atomic E-state index is -0.776. The molecule has 0 aromatic rings. The SMILES string of the molecule is CCCCCCCCCCCCCCCCCCC(CCCCCCCCCCCCCCCCCC)(CCCCC(=O)O)C(=O)O. The van der Waals surface area contributed by atoms with Gasteiger partial charge < -0.3 is 10.2 Å². The Morgan fingerprint density at radius 2 is 0.553 bits per heavy atom. The molecule has 0 aromatic carbocycles. The molecule has 0 fully saturated rings. The van der Waals surface area contributed by atoms with Crippen LogP contribution in [0.2, 0.25) is 0 Å². The van der Waals surface area contributed by atoms with Crippen LogP contribution in [0, 0.1) is 5.41 Å². The van der Waals surface area contributed by atoms with Gasteiger partial charge in [-0.1, -0.05) is 226 Å². The Hall–Kier alpha value is -1.06. The molecular weight excluding hydrogens is 580 g/mol. The zero-order chi connectivity index (χ0) is 34.5. The van der Waals surface area contributed by atoms with Crippen molar-refractivity contribution in [3.63, 3.8) is 0 Å². The molecule has 0 spiro atoms. The molecule has 0 aliphatic heterocycles. The van der Waals surface area contributed by atoms with Crippen molar-refractivity contribution >= 4 is 11.9 Å². The molecule has 47 heavy (non-hydrogen) atoms. The first-order chi connectivity index (χ1) is 23.0. The van der Waals surface area contributed by atoms with Gasteiger partial charge in [-0.2, -0.15) is 0 Å². The molecule has 0 saturated heterocycles. The normalized spacial score (nSPS) is 11.8. The number of aliphatic carboxylic acids is 2. The number of carbonyl (C=O) groups is 2. The van der Waals surface area contributed by atoms with Gasteiger partial charge in [0.15, 0.2) is 0 Å². The van der Waals surface area contributed by atoms with Crippen molar-refractivity contribution in [3.05, 3.63) is 0 Å². The summed E-state index contributed by atoms with van der Waals surface area (Å²) in [5, 5.41) is 19.4. The summed E-state index contributed by atoms with van der Waals surface area (Å²) in [6, 6.07) is 0. The molecule has 0 bridgehead atoms. The van der Waals surface area contributed by atoms with Gasteiger partial charge >= 0.3 is 11.9 Å². The van der Waals surface area contributed by atoms with E-state index in [1.165, 1.54) is 180 Å². The van der Waals surface area contributed by atoms with Crippen LogP contribution in [-0.4, -0.2) is 22.2 Å². The molecule has 0 atom stereocenters. The highest BCUT2D eigenvalue weighted by Crippen LogP contribution is 2.38. The lowest BCUT2D eigenvalue weighted by Gasteiger charge is -2.30. The lowest BCUT2D eigenvalue weighted by atomic mass is 9.74. The van der Waals surface area contributed by atoms with E-state index in [0.717, 1.165) is 38.5 Å². The Balaban J connectivity index is 4.09. The van der Waals surface area contributed by atoms with Gasteiger partial charge in [0.2, 0.25) is 0 Å². The monoisotopic (exact) mass is 665 g/mol. The Morgan fingerprint density at radius 3 is 0.766 bits per heavy atom. The lowest BCUT2D eigenvalue weighted by Crippen LogP contribution is -2.31. The second-order valence-corrected chi connectivity index (χ2v) is 15.3. The van der Waals surface area contributed by atoms with Crippen LogP contribution in [-0.2, 0) is 9.59 Å². The van der Waals surface area contributed by atoms with Crippen molar-refractivity contribution in [1.29, 1.82) is 0 Å². The fraction of sp³-hybridized carbons (Fsp3) is 0.953. The third-order valence-electron chi connectivity index (χ3n) is 10.8. The molecule has 0 saturated carbocycles. The molecule has 280 valence electrons. The van der Waals surface area contributed by atoms with Crippen LogP contribution in [0.1, 0.15) is 258 Å². The Bertz CT molecular complexity index is 624. The van der Waals surface area contributed by atoms with Crippen LogP contribution in [0.3, 0.4) is 0 Å². The second-order valence-electron chi connectivity index (χ2n) is 15.3. The van der Waals surface area contributed by atoms with Crippen LogP contribution in [0.4, 0.5) is 0 Å². The van der Waals surface area contributed by atoms with E-state index in [1.807, 2.05) is 0 Å². The van der Waals surface area contributed by atoms with Gasteiger partial charge in [0.1, 0.15) is 0 Å². The molecule has 4 nitrogen and oxygen atoms in total. The van der Waals surface area contributed by atoms with E-state index in [0.29, 0.717) is 19.3 Å². The van der Waals surface area contributed by atoms with Crippen molar-refractivity contribution in [3.8, 4) is 0 Å². The van der Waals surface area contributed by atoms with Crippen molar-refractivity contribution in [1.82, 2.24) is 0 Å². The second kappa shape index (κ2) is 36.2. The van der Waals surface area contributed by atoms with E-state index >= 15 is 0 Å². The van der Waals surface area contributed by atoms with E-state index in [-0.39, 0.29) is 6.42 Å². The van der Waals surface area contributed by atoms with Crippen molar-refractivity contribution in [2.75, 3.05) is 0 Å². The Morgan fingerprint density at radius 1 is 0.340 bits per heavy atom. The first-order valence-corrected chi connectivity index (χ1v) is 21.4. The average Bonchev–Trinajstić information content (AvgIpc) is 3.05. The van der Waals surface area contributed by atoms with Gasteiger partial charge in [0.05, 0.1) is 5.41 Å². The summed E-state index contributed by atoms with van der Waals surface area (Å²) in [4.78, 5) is 23.6. The zero-order valence-corrected chi connectivity index (χ0v) is 32.1. The number of rotatable bonds is 40. The number of hydrogen-bond acceptors (Lipinski definition) is 2. The quantitative estimate of drug-likeness (QED) is 0.0639. The summed E-state index contributed by atoms with van der Waals surface area (Å²) in [6.07, 6.45) is 46.1. The molecule has 0 aromatic heterocycles. The summed E-state index contributed by atoms with van der Waals surface area (Å²) in [5.41, 5.74) is -0.662. The number of carboxylic acid groups (broad SMARTS) is 2. The number of carboxylic acids is 2. The molecular formula is C43H84O4. The minimum absolute atomic E-state index is 0.147. The molecule has 0 amide bonds. The molecule has 0 aliphatic rings. The van der Waals surface area contributed by atoms with Crippen LogP contribution in [0.5, 0.6) is 0 Å². The molecule has 2 N–H and O–H groups in total. The van der Waals surface area contributed by atoms with Crippen molar-refractivity contribution in [2.45, 2.75) is 258 Å². The third kappa shape index (κ3) is 31.9. The maximum atomic E-state index is 12.6. The van der Waals surface area contributed by atoms with E-state index < -0.39 is 17.4 Å². The number of hydrogen-bond donors (Lipinski definition) is 2. The van der Waals surface area contributed by atoms with Crippen LogP contribution in [0.15, 0.2) is 0 Å². The van der Waals surface area contributed by atoms with E-state index in [4.69, 9.17) is 5.11 Å². The van der Waals surface area contributed by atoms with E-state index in [2.05, 4.69) is 13.8 Å². The van der Waals surface area contributed by atoms with Crippen LogP contribution >= 0.6 is 0 Å². The van der Waals surface area contributed by atoms with E-state index in [9.17, 15) is 14.7 Å². The molecule has 0 radical (unpaired) electrons. The smallest absolute Gasteiger partial charge is 0.309 e. The van der Waals surface area contributed by atoms with Gasteiger partial charge in [0, 0.05) is 6.42 Å². The third-order valence-corrected chi connectivity index (χ3v) is 10.8. The summed E-state index contributed by atoms with van der Waals surface area (Å²) in [6.45, 7) is 4.56. The maximum Gasteiger partial charge on any atom is 0.309 e. The molecule has 0 rings (SSSR count). The fourth-order valence-corrected chi connectivity index (χ4v) is 7.46. The maximum absolute atomic E-state index is 12.6. The van der Waals surface area contributed by atoms with Gasteiger partial charge in [-0.3, -0.25) is 9.59 Å². The number of unbranched alkanes of at least 4 members (excludes halogenated alkanes) is 31. The first kappa shape index (κ1) is 45.9. The fourth-order valence-electron chi connectivity index (χ4n) is 7.46. The topological polar surface area (TPSA) is 74.6 Å². The van der Waals surface area contributed by atoms with Gasteiger partial charge in [-0.25, -0.2) is 0 Å². The van der Waals surface area contributed by atoms with Crippen molar-refractivity contribution in [2.24, 2.45) is 5.41 Å². The summed E-state index contributed by atoms with van der Waals surface area (Å²) < 4.78 is 0. The minimum Gasteiger partial charge on any atom is -0.481 e. The highest BCUT2D eigenvalue weighted by atomic mass is 16.4. The molecule has 0 heterocycles. The van der Waals surface area contributed by atoms with Gasteiger partial charge in [-0.05, 0) is 25.7 Å². The highest BCUT2D eigenvalue weighted by Gasteiger charge is 2.36. The largest absolute Gasteiger partial charge is 0.481 e. The first-order valence-electron chi connectivity index (χ1n) is 21.4. The molecule has 4 heteroatoms. The van der Waals surface area contributed by atoms with Gasteiger partial charge in [0.25, 0.3) is 0 Å². The summed E-state index contributed by atoms with van der Waals surface area (Å²) in [5.74, 6) is -1.42.